The number of hydrogen-bond acceptors (Lipinski definition) is 4. The van der Waals surface area contributed by atoms with E-state index in [0.717, 1.165) is 41.6 Å². The van der Waals surface area contributed by atoms with Gasteiger partial charge < -0.3 is 10.1 Å². The van der Waals surface area contributed by atoms with E-state index in [-0.39, 0.29) is 12.1 Å². The van der Waals surface area contributed by atoms with Crippen molar-refractivity contribution in [3.63, 3.8) is 0 Å². The van der Waals surface area contributed by atoms with Gasteiger partial charge in [0.15, 0.2) is 5.06 Å². The number of amides is 1. The first-order valence-corrected chi connectivity index (χ1v) is 9.34. The lowest BCUT2D eigenvalue weighted by molar-refractivity contribution is 0.0296. The third kappa shape index (κ3) is 2.94. The summed E-state index contributed by atoms with van der Waals surface area (Å²) in [7, 11) is 1.66. The summed E-state index contributed by atoms with van der Waals surface area (Å²) in [5.41, 5.74) is 2.06. The second kappa shape index (κ2) is 6.57. The van der Waals surface area contributed by atoms with Gasteiger partial charge in [-0.25, -0.2) is 0 Å². The van der Waals surface area contributed by atoms with Gasteiger partial charge in [-0.05, 0) is 36.8 Å². The third-order valence-corrected chi connectivity index (χ3v) is 6.23. The predicted octanol–water partition coefficient (Wildman–Crippen LogP) is 3.60. The molecule has 0 radical (unpaired) electrons. The molecule has 5 heteroatoms. The molecule has 0 spiro atoms. The number of benzene rings is 1. The molecule has 1 amide bonds. The van der Waals surface area contributed by atoms with Crippen molar-refractivity contribution < 1.29 is 9.53 Å². The van der Waals surface area contributed by atoms with Crippen molar-refractivity contribution in [2.24, 2.45) is 5.92 Å². The molecule has 2 bridgehead atoms. The molecule has 5 rings (SSSR count). The molecule has 3 saturated heterocycles. The van der Waals surface area contributed by atoms with E-state index < -0.39 is 0 Å². The molecule has 3 aliphatic heterocycles. The van der Waals surface area contributed by atoms with Crippen LogP contribution in [0.3, 0.4) is 0 Å². The summed E-state index contributed by atoms with van der Waals surface area (Å²) in [5, 5.41) is 4.01. The fourth-order valence-electron chi connectivity index (χ4n) is 3.79. The minimum absolute atomic E-state index is 0.0121. The van der Waals surface area contributed by atoms with Crippen LogP contribution in [0.4, 0.5) is 0 Å². The number of nitrogens with one attached hydrogen (secondary N) is 1. The molecule has 1 atom stereocenters. The van der Waals surface area contributed by atoms with Gasteiger partial charge in [0.25, 0.3) is 5.91 Å². The van der Waals surface area contributed by atoms with Gasteiger partial charge in [0.2, 0.25) is 0 Å². The SMILES string of the molecule is COc1sc(C(=O)NC2CC3CCN2CC3)cc1-c1ccccc1. The number of hydrogen-bond donors (Lipinski definition) is 1. The number of thiophene rings is 1. The van der Waals surface area contributed by atoms with Gasteiger partial charge in [-0.1, -0.05) is 41.7 Å². The lowest BCUT2D eigenvalue weighted by Crippen LogP contribution is -2.56. The Balaban J connectivity index is 1.54. The van der Waals surface area contributed by atoms with Crippen LogP contribution in [0.1, 0.15) is 28.9 Å². The van der Waals surface area contributed by atoms with Crippen molar-refractivity contribution in [1.29, 1.82) is 0 Å². The number of rotatable bonds is 4. The average Bonchev–Trinajstić information content (AvgIpc) is 3.08. The fraction of sp³-hybridized carbons (Fsp3) is 0.421. The smallest absolute Gasteiger partial charge is 0.262 e. The molecular weight excluding hydrogens is 320 g/mol. The molecule has 1 aromatic heterocycles. The van der Waals surface area contributed by atoms with Crippen LogP contribution in [-0.4, -0.2) is 37.2 Å². The Kier molecular flexibility index (Phi) is 4.29. The van der Waals surface area contributed by atoms with Crippen LogP contribution in [0.2, 0.25) is 0 Å². The molecule has 1 aromatic carbocycles. The maximum Gasteiger partial charge on any atom is 0.262 e. The van der Waals surface area contributed by atoms with E-state index in [0.29, 0.717) is 4.88 Å². The zero-order chi connectivity index (χ0) is 16.5. The van der Waals surface area contributed by atoms with Crippen molar-refractivity contribution in [3.8, 4) is 16.2 Å². The molecule has 0 aliphatic carbocycles. The standard InChI is InChI=1S/C19H22N2O2S/c1-23-19-15(14-5-3-2-4-6-14)12-16(24-19)18(22)20-17-11-13-7-9-21(17)10-8-13/h2-6,12-13,17H,7-11H2,1H3,(H,20,22). The van der Waals surface area contributed by atoms with Crippen molar-refractivity contribution in [2.75, 3.05) is 20.2 Å². The fourth-order valence-corrected chi connectivity index (χ4v) is 4.69. The zero-order valence-electron chi connectivity index (χ0n) is 13.8. The molecule has 3 fully saturated rings. The van der Waals surface area contributed by atoms with Gasteiger partial charge in [-0.2, -0.15) is 0 Å². The monoisotopic (exact) mass is 342 g/mol. The second-order valence-corrected chi connectivity index (χ2v) is 7.60. The summed E-state index contributed by atoms with van der Waals surface area (Å²) < 4.78 is 5.50. The number of ether oxygens (including phenoxy) is 1. The maximum absolute atomic E-state index is 12.7. The van der Waals surface area contributed by atoms with E-state index >= 15 is 0 Å². The summed E-state index contributed by atoms with van der Waals surface area (Å²) in [6.45, 7) is 2.22. The molecule has 0 saturated carbocycles. The van der Waals surface area contributed by atoms with Crippen LogP contribution in [0.5, 0.6) is 5.06 Å². The topological polar surface area (TPSA) is 41.6 Å². The van der Waals surface area contributed by atoms with E-state index in [1.807, 2.05) is 36.4 Å². The normalized spacial score (nSPS) is 25.5. The highest BCUT2D eigenvalue weighted by atomic mass is 32.1. The highest BCUT2D eigenvalue weighted by Gasteiger charge is 2.34. The van der Waals surface area contributed by atoms with Gasteiger partial charge in [-0.3, -0.25) is 9.69 Å². The highest BCUT2D eigenvalue weighted by molar-refractivity contribution is 7.16. The van der Waals surface area contributed by atoms with Gasteiger partial charge in [0.1, 0.15) is 0 Å². The number of carbonyl (C=O) groups excluding carboxylic acids is 1. The number of piperidine rings is 3. The first-order chi connectivity index (χ1) is 11.7. The quantitative estimate of drug-likeness (QED) is 0.923. The zero-order valence-corrected chi connectivity index (χ0v) is 14.6. The molecule has 24 heavy (non-hydrogen) atoms. The molecule has 4 heterocycles. The van der Waals surface area contributed by atoms with Crippen LogP contribution >= 0.6 is 11.3 Å². The van der Waals surface area contributed by atoms with Crippen molar-refractivity contribution in [2.45, 2.75) is 25.4 Å². The summed E-state index contributed by atoms with van der Waals surface area (Å²) in [6.07, 6.45) is 3.83. The molecule has 2 aromatic rings. The number of fused-ring (bicyclic) bond motifs is 3. The van der Waals surface area contributed by atoms with Crippen molar-refractivity contribution >= 4 is 17.2 Å². The predicted molar refractivity (Wildman–Crippen MR) is 96.5 cm³/mol. The lowest BCUT2D eigenvalue weighted by atomic mass is 9.86. The first-order valence-electron chi connectivity index (χ1n) is 8.53. The van der Waals surface area contributed by atoms with Crippen LogP contribution in [0.15, 0.2) is 36.4 Å². The van der Waals surface area contributed by atoms with Crippen molar-refractivity contribution in [1.82, 2.24) is 10.2 Å². The summed E-state index contributed by atoms with van der Waals surface area (Å²) in [6, 6.07) is 12.0. The molecule has 1 N–H and O–H groups in total. The number of methoxy groups -OCH3 is 1. The number of nitrogens with zero attached hydrogens (tertiary/aromatic N) is 1. The van der Waals surface area contributed by atoms with Crippen LogP contribution < -0.4 is 10.1 Å². The third-order valence-electron chi connectivity index (χ3n) is 5.14. The second-order valence-electron chi connectivity index (χ2n) is 6.59. The van der Waals surface area contributed by atoms with E-state index in [2.05, 4.69) is 10.2 Å². The van der Waals surface area contributed by atoms with Gasteiger partial charge in [0.05, 0.1) is 18.2 Å². The Bertz CT molecular complexity index is 720. The molecule has 3 aliphatic rings. The number of carbonyl (C=O) groups is 1. The summed E-state index contributed by atoms with van der Waals surface area (Å²) in [5.74, 6) is 0.788. The molecule has 126 valence electrons. The molecule has 4 nitrogen and oxygen atoms in total. The highest BCUT2D eigenvalue weighted by Crippen LogP contribution is 2.38. The van der Waals surface area contributed by atoms with Gasteiger partial charge in [-0.15, -0.1) is 0 Å². The largest absolute Gasteiger partial charge is 0.487 e. The van der Waals surface area contributed by atoms with E-state index in [9.17, 15) is 4.79 Å². The van der Waals surface area contributed by atoms with Crippen molar-refractivity contribution in [3.05, 3.63) is 41.3 Å². The Labute approximate surface area is 146 Å². The Morgan fingerprint density at radius 3 is 2.62 bits per heavy atom. The van der Waals surface area contributed by atoms with Gasteiger partial charge in [0, 0.05) is 18.7 Å². The summed E-state index contributed by atoms with van der Waals surface area (Å²) in [4.78, 5) is 15.8. The first kappa shape index (κ1) is 15.7. The van der Waals surface area contributed by atoms with E-state index in [1.54, 1.807) is 7.11 Å². The van der Waals surface area contributed by atoms with Crippen LogP contribution in [-0.2, 0) is 0 Å². The Hall–Kier alpha value is -1.85. The van der Waals surface area contributed by atoms with Gasteiger partial charge >= 0.3 is 0 Å². The lowest BCUT2D eigenvalue weighted by Gasteiger charge is -2.45. The van der Waals surface area contributed by atoms with E-state index in [4.69, 9.17) is 4.74 Å². The van der Waals surface area contributed by atoms with Crippen LogP contribution in [0, 0.1) is 5.92 Å². The Morgan fingerprint density at radius 2 is 2.00 bits per heavy atom. The minimum Gasteiger partial charge on any atom is -0.487 e. The maximum atomic E-state index is 12.7. The van der Waals surface area contributed by atoms with E-state index in [1.165, 1.54) is 24.2 Å². The van der Waals surface area contributed by atoms with Crippen LogP contribution in [0.25, 0.3) is 11.1 Å². The Morgan fingerprint density at radius 1 is 1.25 bits per heavy atom. The average molecular weight is 342 g/mol. The minimum atomic E-state index is 0.0121. The molecular formula is C19H22N2O2S. The summed E-state index contributed by atoms with van der Waals surface area (Å²) >= 11 is 1.42. The molecule has 1 unspecified atom stereocenters.